The molecule has 0 rings (SSSR count). The van der Waals surface area contributed by atoms with Crippen molar-refractivity contribution in [1.82, 2.24) is 5.32 Å². The van der Waals surface area contributed by atoms with Crippen molar-refractivity contribution in [3.63, 3.8) is 0 Å². The third kappa shape index (κ3) is 3.73. The van der Waals surface area contributed by atoms with Crippen LogP contribution in [0.2, 0.25) is 0 Å². The van der Waals surface area contributed by atoms with Crippen molar-refractivity contribution >= 4 is 5.97 Å². The normalized spacial score (nSPS) is 18.6. The van der Waals surface area contributed by atoms with Gasteiger partial charge in [0.15, 0.2) is 6.10 Å². The molecule has 17 heavy (non-hydrogen) atoms. The molecule has 4 nitrogen and oxygen atoms in total. The minimum atomic E-state index is -5.30. The maximum atomic E-state index is 12.3. The third-order valence-corrected chi connectivity index (χ3v) is 2.02. The van der Waals surface area contributed by atoms with Gasteiger partial charge in [-0.25, -0.2) is 4.79 Å². The van der Waals surface area contributed by atoms with Crippen molar-refractivity contribution in [2.24, 2.45) is 0 Å². The molecular formula is C7H9F6NO3. The molecule has 0 bridgehead atoms. The molecule has 10 heteroatoms. The van der Waals surface area contributed by atoms with Crippen LogP contribution in [0, 0.1) is 0 Å². The van der Waals surface area contributed by atoms with E-state index in [0.29, 0.717) is 0 Å². The number of rotatable bonds is 4. The first-order chi connectivity index (χ1) is 7.32. The van der Waals surface area contributed by atoms with Gasteiger partial charge in [0.25, 0.3) is 0 Å². The first kappa shape index (κ1) is 16.0. The summed E-state index contributed by atoms with van der Waals surface area (Å²) in [6.45, 7) is -1.41. The predicted molar refractivity (Wildman–Crippen MR) is 42.2 cm³/mol. The summed E-state index contributed by atoms with van der Waals surface area (Å²) < 4.78 is 72.3. The highest BCUT2D eigenvalue weighted by Crippen LogP contribution is 2.31. The molecule has 0 saturated heterocycles. The third-order valence-electron chi connectivity index (χ3n) is 2.02. The zero-order valence-electron chi connectivity index (χ0n) is 8.35. The average molecular weight is 269 g/mol. The predicted octanol–water partition coefficient (Wildman–Crippen LogP) is 0.905. The standard InChI is InChI=1S/C7H9F6NO3/c1-5(4(16)17,7(11,12)13)14-2-3(15)6(8,9)10/h3,14-15H,2H2,1H3,(H,16,17). The van der Waals surface area contributed by atoms with Gasteiger partial charge in [-0.3, -0.25) is 5.32 Å². The fourth-order valence-electron chi connectivity index (χ4n) is 0.714. The fraction of sp³-hybridized carbons (Fsp3) is 0.857. The van der Waals surface area contributed by atoms with Crippen LogP contribution in [0.4, 0.5) is 26.3 Å². The lowest BCUT2D eigenvalue weighted by Crippen LogP contribution is -2.62. The molecule has 3 N–H and O–H groups in total. The number of aliphatic carboxylic acids is 1. The second-order valence-corrected chi connectivity index (χ2v) is 3.37. The van der Waals surface area contributed by atoms with Crippen molar-refractivity contribution in [3.05, 3.63) is 0 Å². The number of hydrogen-bond donors (Lipinski definition) is 3. The van der Waals surface area contributed by atoms with E-state index < -0.39 is 36.5 Å². The lowest BCUT2D eigenvalue weighted by atomic mass is 10.0. The van der Waals surface area contributed by atoms with Crippen LogP contribution in [-0.4, -0.2) is 46.7 Å². The molecule has 0 heterocycles. The van der Waals surface area contributed by atoms with Crippen molar-refractivity contribution in [3.8, 4) is 0 Å². The van der Waals surface area contributed by atoms with Crippen LogP contribution in [0.5, 0.6) is 0 Å². The van der Waals surface area contributed by atoms with E-state index in [1.807, 2.05) is 0 Å². The molecule has 0 spiro atoms. The van der Waals surface area contributed by atoms with Crippen molar-refractivity contribution < 1.29 is 41.4 Å². The van der Waals surface area contributed by atoms with Crippen LogP contribution < -0.4 is 5.32 Å². The lowest BCUT2D eigenvalue weighted by Gasteiger charge is -2.30. The Morgan fingerprint density at radius 3 is 1.88 bits per heavy atom. The molecule has 102 valence electrons. The Labute approximate surface area is 91.2 Å². The van der Waals surface area contributed by atoms with E-state index in [1.54, 1.807) is 0 Å². The molecule has 0 aliphatic rings. The summed E-state index contributed by atoms with van der Waals surface area (Å²) >= 11 is 0. The molecule has 0 aromatic rings. The van der Waals surface area contributed by atoms with Gasteiger partial charge in [-0.15, -0.1) is 0 Å². The van der Waals surface area contributed by atoms with Crippen molar-refractivity contribution in [2.75, 3.05) is 6.54 Å². The quantitative estimate of drug-likeness (QED) is 0.663. The molecule has 2 unspecified atom stereocenters. The minimum Gasteiger partial charge on any atom is -0.480 e. The summed E-state index contributed by atoms with van der Waals surface area (Å²) in [5.74, 6) is -2.39. The van der Waals surface area contributed by atoms with E-state index >= 15 is 0 Å². The molecule has 0 aromatic heterocycles. The van der Waals surface area contributed by atoms with Crippen LogP contribution in [0.3, 0.4) is 0 Å². The first-order valence-electron chi connectivity index (χ1n) is 4.12. The average Bonchev–Trinajstić information content (AvgIpc) is 2.09. The van der Waals surface area contributed by atoms with E-state index in [0.717, 1.165) is 5.32 Å². The van der Waals surface area contributed by atoms with Gasteiger partial charge in [0.1, 0.15) is 0 Å². The topological polar surface area (TPSA) is 69.6 Å². The number of β-amino-alcohol motifs (C(OH)–C–C–N with tert-alkyl or cyclic N) is 1. The van der Waals surface area contributed by atoms with E-state index in [-0.39, 0.29) is 6.92 Å². The smallest absolute Gasteiger partial charge is 0.417 e. The zero-order chi connectivity index (χ0) is 14.1. The second kappa shape index (κ2) is 4.69. The molecule has 0 radical (unpaired) electrons. The van der Waals surface area contributed by atoms with E-state index in [1.165, 1.54) is 0 Å². The maximum Gasteiger partial charge on any atom is 0.417 e. The summed E-state index contributed by atoms with van der Waals surface area (Å²) in [6.07, 6.45) is -13.5. The minimum absolute atomic E-state index is 0.165. The molecule has 0 aliphatic carbocycles. The molecular weight excluding hydrogens is 260 g/mol. The maximum absolute atomic E-state index is 12.3. The van der Waals surface area contributed by atoms with Gasteiger partial charge >= 0.3 is 18.3 Å². The van der Waals surface area contributed by atoms with Gasteiger partial charge in [-0.2, -0.15) is 26.3 Å². The largest absolute Gasteiger partial charge is 0.480 e. The summed E-state index contributed by atoms with van der Waals surface area (Å²) in [4.78, 5) is 10.4. The first-order valence-corrected chi connectivity index (χ1v) is 4.12. The highest BCUT2D eigenvalue weighted by molar-refractivity contribution is 5.79. The Balaban J connectivity index is 4.78. The van der Waals surface area contributed by atoms with Crippen LogP contribution in [-0.2, 0) is 4.79 Å². The number of nitrogens with one attached hydrogen (secondary N) is 1. The SMILES string of the molecule is CC(NCC(O)C(F)(F)F)(C(=O)O)C(F)(F)F. The molecule has 0 saturated carbocycles. The number of aliphatic hydroxyl groups excluding tert-OH is 1. The van der Waals surface area contributed by atoms with E-state index in [2.05, 4.69) is 0 Å². The van der Waals surface area contributed by atoms with Crippen LogP contribution in [0.15, 0.2) is 0 Å². The van der Waals surface area contributed by atoms with Gasteiger partial charge in [-0.05, 0) is 6.92 Å². The zero-order valence-corrected chi connectivity index (χ0v) is 8.35. The van der Waals surface area contributed by atoms with E-state index in [9.17, 15) is 31.1 Å². The number of hydrogen-bond acceptors (Lipinski definition) is 3. The number of halogens is 6. The van der Waals surface area contributed by atoms with Crippen LogP contribution >= 0.6 is 0 Å². The van der Waals surface area contributed by atoms with Crippen LogP contribution in [0.1, 0.15) is 6.92 Å². The summed E-state index contributed by atoms with van der Waals surface area (Å²) in [5.41, 5.74) is -3.56. The molecule has 0 fully saturated rings. The highest BCUT2D eigenvalue weighted by Gasteiger charge is 2.57. The van der Waals surface area contributed by atoms with Gasteiger partial charge in [0.05, 0.1) is 0 Å². The number of carboxylic acids is 1. The summed E-state index contributed by atoms with van der Waals surface area (Å²) in [7, 11) is 0. The Morgan fingerprint density at radius 2 is 1.65 bits per heavy atom. The lowest BCUT2D eigenvalue weighted by molar-refractivity contribution is -0.220. The molecule has 0 aliphatic heterocycles. The Hall–Kier alpha value is -1.03. The number of alkyl halides is 6. The Morgan fingerprint density at radius 1 is 1.24 bits per heavy atom. The van der Waals surface area contributed by atoms with Gasteiger partial charge in [0.2, 0.25) is 5.54 Å². The van der Waals surface area contributed by atoms with Crippen LogP contribution in [0.25, 0.3) is 0 Å². The van der Waals surface area contributed by atoms with Gasteiger partial charge in [-0.1, -0.05) is 0 Å². The number of carbonyl (C=O) groups is 1. The Kier molecular flexibility index (Phi) is 4.40. The van der Waals surface area contributed by atoms with Crippen molar-refractivity contribution in [1.29, 1.82) is 0 Å². The van der Waals surface area contributed by atoms with Crippen molar-refractivity contribution in [2.45, 2.75) is 30.9 Å². The summed E-state index contributed by atoms with van der Waals surface area (Å²) in [6, 6.07) is 0. The second-order valence-electron chi connectivity index (χ2n) is 3.37. The molecule has 2 atom stereocenters. The van der Waals surface area contributed by atoms with E-state index in [4.69, 9.17) is 10.2 Å². The molecule has 0 aromatic carbocycles. The number of carboxylic acid groups (broad SMARTS) is 1. The van der Waals surface area contributed by atoms with Gasteiger partial charge < -0.3 is 10.2 Å². The highest BCUT2D eigenvalue weighted by atomic mass is 19.4. The summed E-state index contributed by atoms with van der Waals surface area (Å²) in [5, 5.41) is 17.9. The molecule has 0 amide bonds. The van der Waals surface area contributed by atoms with Gasteiger partial charge in [0, 0.05) is 6.54 Å². The fourth-order valence-corrected chi connectivity index (χ4v) is 0.714. The monoisotopic (exact) mass is 269 g/mol. The Bertz CT molecular complexity index is 288. The number of aliphatic hydroxyl groups is 1.